The van der Waals surface area contributed by atoms with Crippen molar-refractivity contribution in [3.63, 3.8) is 0 Å². The maximum Gasteiger partial charge on any atom is 0.300 e. The Bertz CT molecular complexity index is 529. The molecule has 8 nitrogen and oxygen atoms in total. The van der Waals surface area contributed by atoms with Gasteiger partial charge in [-0.2, -0.15) is 0 Å². The Morgan fingerprint density at radius 1 is 1.62 bits per heavy atom. The number of nitrogens with zero attached hydrogens (tertiary/aromatic N) is 2. The molecule has 1 aromatic heterocycles. The zero-order valence-corrected chi connectivity index (χ0v) is 11.8. The smallest absolute Gasteiger partial charge is 0.300 e. The lowest BCUT2D eigenvalue weighted by Crippen LogP contribution is -2.32. The first-order valence-corrected chi connectivity index (χ1v) is 6.90. The van der Waals surface area contributed by atoms with Crippen LogP contribution in [0.2, 0.25) is 0 Å². The fourth-order valence-corrected chi connectivity index (χ4v) is 2.16. The van der Waals surface area contributed by atoms with Gasteiger partial charge in [0.2, 0.25) is 0 Å². The molecule has 0 spiro atoms. The highest BCUT2D eigenvalue weighted by Crippen LogP contribution is 2.20. The molecule has 0 bridgehead atoms. The molecule has 1 saturated heterocycles. The van der Waals surface area contributed by atoms with Crippen molar-refractivity contribution >= 4 is 17.4 Å². The normalized spacial score (nSPS) is 17.5. The SMILES string of the molecule is CCNc1cc(C(=O)NCC2CCCO2)c([N+](=O)[O-])cn1. The van der Waals surface area contributed by atoms with Crippen LogP contribution in [0.25, 0.3) is 0 Å². The maximum atomic E-state index is 12.2. The van der Waals surface area contributed by atoms with Crippen LogP contribution in [0, 0.1) is 10.1 Å². The summed E-state index contributed by atoms with van der Waals surface area (Å²) in [6, 6.07) is 1.40. The van der Waals surface area contributed by atoms with Gasteiger partial charge in [-0.1, -0.05) is 0 Å². The minimum Gasteiger partial charge on any atom is -0.376 e. The monoisotopic (exact) mass is 294 g/mol. The van der Waals surface area contributed by atoms with Crippen LogP contribution in [0.5, 0.6) is 0 Å². The van der Waals surface area contributed by atoms with Crippen molar-refractivity contribution in [1.29, 1.82) is 0 Å². The first kappa shape index (κ1) is 15.2. The van der Waals surface area contributed by atoms with E-state index in [1.165, 1.54) is 6.07 Å². The molecule has 0 aliphatic carbocycles. The van der Waals surface area contributed by atoms with Crippen molar-refractivity contribution in [3.05, 3.63) is 27.9 Å². The van der Waals surface area contributed by atoms with Crippen LogP contribution in [0.1, 0.15) is 30.1 Å². The first-order valence-electron chi connectivity index (χ1n) is 6.90. The van der Waals surface area contributed by atoms with Crippen LogP contribution in [0.15, 0.2) is 12.3 Å². The van der Waals surface area contributed by atoms with Gasteiger partial charge in [0.15, 0.2) is 0 Å². The van der Waals surface area contributed by atoms with Gasteiger partial charge < -0.3 is 15.4 Å². The molecule has 1 aliphatic rings. The van der Waals surface area contributed by atoms with Gasteiger partial charge >= 0.3 is 0 Å². The standard InChI is InChI=1S/C13H18N4O4/c1-2-14-12-6-10(11(8-15-12)17(19)20)13(18)16-7-9-4-3-5-21-9/h6,8-9H,2-5,7H2,1H3,(H,14,15)(H,16,18). The van der Waals surface area contributed by atoms with Crippen LogP contribution in [0.4, 0.5) is 11.5 Å². The number of carbonyl (C=O) groups excluding carboxylic acids is 1. The Kier molecular flexibility index (Phi) is 5.04. The van der Waals surface area contributed by atoms with Gasteiger partial charge in [0.25, 0.3) is 11.6 Å². The predicted octanol–water partition coefficient (Wildman–Crippen LogP) is 1.33. The lowest BCUT2D eigenvalue weighted by atomic mass is 10.2. The fraction of sp³-hybridized carbons (Fsp3) is 0.538. The topological polar surface area (TPSA) is 106 Å². The molecule has 2 rings (SSSR count). The van der Waals surface area contributed by atoms with Crippen LogP contribution < -0.4 is 10.6 Å². The van der Waals surface area contributed by atoms with E-state index in [4.69, 9.17) is 4.74 Å². The summed E-state index contributed by atoms with van der Waals surface area (Å²) in [6.45, 7) is 3.54. The lowest BCUT2D eigenvalue weighted by molar-refractivity contribution is -0.385. The lowest BCUT2D eigenvalue weighted by Gasteiger charge is -2.11. The summed E-state index contributed by atoms with van der Waals surface area (Å²) in [6.07, 6.45) is 2.95. The molecule has 2 N–H and O–H groups in total. The average molecular weight is 294 g/mol. The van der Waals surface area contributed by atoms with Crippen molar-refractivity contribution < 1.29 is 14.5 Å². The Balaban J connectivity index is 2.12. The molecule has 0 radical (unpaired) electrons. The van der Waals surface area contributed by atoms with E-state index in [2.05, 4.69) is 15.6 Å². The molecule has 8 heteroatoms. The second kappa shape index (κ2) is 6.98. The third kappa shape index (κ3) is 3.88. The van der Waals surface area contributed by atoms with E-state index in [1.54, 1.807) is 0 Å². The Morgan fingerprint density at radius 2 is 2.43 bits per heavy atom. The highest BCUT2D eigenvalue weighted by molar-refractivity contribution is 5.98. The number of anilines is 1. The van der Waals surface area contributed by atoms with Gasteiger partial charge in [-0.3, -0.25) is 14.9 Å². The third-order valence-corrected chi connectivity index (χ3v) is 3.20. The number of nitrogens with one attached hydrogen (secondary N) is 2. The largest absolute Gasteiger partial charge is 0.376 e. The Hall–Kier alpha value is -2.22. The van der Waals surface area contributed by atoms with Crippen molar-refractivity contribution in [2.24, 2.45) is 0 Å². The number of ether oxygens (including phenoxy) is 1. The molecule has 0 saturated carbocycles. The van der Waals surface area contributed by atoms with Crippen LogP contribution in [-0.4, -0.2) is 41.6 Å². The Labute approximate surface area is 122 Å². The summed E-state index contributed by atoms with van der Waals surface area (Å²) in [5.74, 6) is -0.0517. The number of amides is 1. The number of hydrogen-bond acceptors (Lipinski definition) is 6. The fourth-order valence-electron chi connectivity index (χ4n) is 2.16. The number of pyridine rings is 1. The van der Waals surface area contributed by atoms with Gasteiger partial charge in [0.1, 0.15) is 17.6 Å². The molecular weight excluding hydrogens is 276 g/mol. The summed E-state index contributed by atoms with van der Waals surface area (Å²) in [5.41, 5.74) is -0.301. The highest BCUT2D eigenvalue weighted by Gasteiger charge is 2.23. The molecule has 21 heavy (non-hydrogen) atoms. The minimum atomic E-state index is -0.607. The van der Waals surface area contributed by atoms with E-state index < -0.39 is 10.8 Å². The predicted molar refractivity (Wildman–Crippen MR) is 76.4 cm³/mol. The quantitative estimate of drug-likeness (QED) is 0.605. The van der Waals surface area contributed by atoms with E-state index in [-0.39, 0.29) is 17.4 Å². The number of nitro groups is 1. The average Bonchev–Trinajstić information content (AvgIpc) is 2.98. The summed E-state index contributed by atoms with van der Waals surface area (Å²) >= 11 is 0. The van der Waals surface area contributed by atoms with Gasteiger partial charge in [0, 0.05) is 25.8 Å². The summed E-state index contributed by atoms with van der Waals surface area (Å²) in [7, 11) is 0. The Morgan fingerprint density at radius 3 is 3.05 bits per heavy atom. The van der Waals surface area contributed by atoms with Crippen LogP contribution in [-0.2, 0) is 4.74 Å². The van der Waals surface area contributed by atoms with E-state index in [0.717, 1.165) is 19.0 Å². The van der Waals surface area contributed by atoms with Gasteiger partial charge in [-0.25, -0.2) is 4.98 Å². The number of aromatic nitrogens is 1. The molecule has 0 aromatic carbocycles. The van der Waals surface area contributed by atoms with E-state index in [0.29, 0.717) is 25.5 Å². The minimum absolute atomic E-state index is 0.00365. The van der Waals surface area contributed by atoms with Crippen molar-refractivity contribution in [2.45, 2.75) is 25.9 Å². The molecule has 1 fully saturated rings. The number of carbonyl (C=O) groups is 1. The summed E-state index contributed by atoms with van der Waals surface area (Å²) in [5, 5.41) is 16.6. The van der Waals surface area contributed by atoms with Gasteiger partial charge in [-0.15, -0.1) is 0 Å². The molecule has 1 amide bonds. The number of hydrogen-bond donors (Lipinski definition) is 2. The zero-order chi connectivity index (χ0) is 15.2. The molecular formula is C13H18N4O4. The van der Waals surface area contributed by atoms with Crippen LogP contribution in [0.3, 0.4) is 0 Å². The van der Waals surface area contributed by atoms with Crippen molar-refractivity contribution in [2.75, 3.05) is 25.0 Å². The van der Waals surface area contributed by atoms with E-state index in [1.807, 2.05) is 6.92 Å². The van der Waals surface area contributed by atoms with Crippen molar-refractivity contribution in [1.82, 2.24) is 10.3 Å². The summed E-state index contributed by atoms with van der Waals surface area (Å²) < 4.78 is 5.41. The number of rotatable bonds is 6. The first-order chi connectivity index (χ1) is 10.1. The highest BCUT2D eigenvalue weighted by atomic mass is 16.6. The third-order valence-electron chi connectivity index (χ3n) is 3.20. The zero-order valence-electron chi connectivity index (χ0n) is 11.8. The van der Waals surface area contributed by atoms with Gasteiger partial charge in [0.05, 0.1) is 11.0 Å². The molecule has 1 aliphatic heterocycles. The molecule has 1 unspecified atom stereocenters. The van der Waals surface area contributed by atoms with E-state index >= 15 is 0 Å². The maximum absolute atomic E-state index is 12.2. The molecule has 1 atom stereocenters. The second-order valence-electron chi connectivity index (χ2n) is 4.72. The van der Waals surface area contributed by atoms with Crippen LogP contribution >= 0.6 is 0 Å². The summed E-state index contributed by atoms with van der Waals surface area (Å²) in [4.78, 5) is 26.5. The van der Waals surface area contributed by atoms with Gasteiger partial charge in [-0.05, 0) is 19.8 Å². The molecule has 1 aromatic rings. The second-order valence-corrected chi connectivity index (χ2v) is 4.72. The molecule has 2 heterocycles. The van der Waals surface area contributed by atoms with E-state index in [9.17, 15) is 14.9 Å². The van der Waals surface area contributed by atoms with Crippen molar-refractivity contribution in [3.8, 4) is 0 Å². The molecule has 114 valence electrons.